The Labute approximate surface area is 164 Å². The number of aryl methyl sites for hydroxylation is 2. The molecule has 28 heavy (non-hydrogen) atoms. The smallest absolute Gasteiger partial charge is 0.325 e. The van der Waals surface area contributed by atoms with Crippen LogP contribution in [0.5, 0.6) is 11.5 Å². The van der Waals surface area contributed by atoms with Crippen LogP contribution in [0.4, 0.5) is 16.2 Å². The predicted octanol–water partition coefficient (Wildman–Crippen LogP) is 3.20. The van der Waals surface area contributed by atoms with E-state index in [2.05, 4.69) is 5.32 Å². The first kappa shape index (κ1) is 19.5. The molecule has 1 aliphatic heterocycles. The summed E-state index contributed by atoms with van der Waals surface area (Å²) in [4.78, 5) is 28.5. The minimum absolute atomic E-state index is 0.00496. The first-order valence-corrected chi connectivity index (χ1v) is 9.08. The monoisotopic (exact) mass is 383 g/mol. The zero-order valence-corrected chi connectivity index (χ0v) is 16.6. The molecule has 0 spiro atoms. The molecule has 1 heterocycles. The number of amides is 3. The van der Waals surface area contributed by atoms with Gasteiger partial charge < -0.3 is 19.7 Å². The summed E-state index contributed by atoms with van der Waals surface area (Å²) in [7, 11) is 3.13. The topological polar surface area (TPSA) is 71.1 Å². The van der Waals surface area contributed by atoms with Crippen LogP contribution in [-0.2, 0) is 4.79 Å². The molecule has 2 aromatic carbocycles. The van der Waals surface area contributed by atoms with Crippen LogP contribution in [0.1, 0.15) is 11.1 Å². The molecule has 0 bridgehead atoms. The minimum atomic E-state index is -0.234. The van der Waals surface area contributed by atoms with Gasteiger partial charge in [0.1, 0.15) is 18.0 Å². The zero-order valence-electron chi connectivity index (χ0n) is 16.6. The Morgan fingerprint density at radius 2 is 1.86 bits per heavy atom. The summed E-state index contributed by atoms with van der Waals surface area (Å²) in [5.41, 5.74) is 3.44. The quantitative estimate of drug-likeness (QED) is 0.832. The lowest BCUT2D eigenvalue weighted by Gasteiger charge is -2.21. The lowest BCUT2D eigenvalue weighted by atomic mass is 10.1. The minimum Gasteiger partial charge on any atom is -0.497 e. The second kappa shape index (κ2) is 8.21. The van der Waals surface area contributed by atoms with Gasteiger partial charge in [0, 0.05) is 24.8 Å². The van der Waals surface area contributed by atoms with Gasteiger partial charge in [-0.05, 0) is 43.2 Å². The number of carbonyl (C=O) groups excluding carboxylic acids is 2. The molecule has 0 saturated carbocycles. The Hall–Kier alpha value is -3.22. The molecule has 7 heteroatoms. The van der Waals surface area contributed by atoms with Crippen molar-refractivity contribution in [3.05, 3.63) is 47.5 Å². The van der Waals surface area contributed by atoms with Crippen LogP contribution in [-0.4, -0.2) is 50.7 Å². The number of hydrogen-bond acceptors (Lipinski definition) is 4. The van der Waals surface area contributed by atoms with E-state index in [0.717, 1.165) is 16.8 Å². The highest BCUT2D eigenvalue weighted by atomic mass is 16.5. The van der Waals surface area contributed by atoms with E-state index in [9.17, 15) is 9.59 Å². The molecular formula is C21H25N3O4. The van der Waals surface area contributed by atoms with Crippen molar-refractivity contribution >= 4 is 23.3 Å². The summed E-state index contributed by atoms with van der Waals surface area (Å²) in [5, 5.41) is 2.90. The van der Waals surface area contributed by atoms with Crippen molar-refractivity contribution in [1.29, 1.82) is 0 Å². The standard InChI is InChI=1S/C21H25N3O4/c1-14-5-6-15(2)17(11-14)22-20(25)13-23-9-10-24(21(23)26)18-12-16(27-3)7-8-19(18)28-4/h5-8,11-12H,9-10,13H2,1-4H3,(H,22,25). The van der Waals surface area contributed by atoms with Crippen molar-refractivity contribution in [2.45, 2.75) is 13.8 Å². The van der Waals surface area contributed by atoms with Crippen LogP contribution in [0.15, 0.2) is 36.4 Å². The molecule has 1 N–H and O–H groups in total. The number of anilines is 2. The van der Waals surface area contributed by atoms with E-state index >= 15 is 0 Å². The maximum absolute atomic E-state index is 12.9. The van der Waals surface area contributed by atoms with Gasteiger partial charge >= 0.3 is 6.03 Å². The number of nitrogens with zero attached hydrogens (tertiary/aromatic N) is 2. The Balaban J connectivity index is 1.70. The first-order valence-electron chi connectivity index (χ1n) is 9.08. The number of methoxy groups -OCH3 is 2. The molecular weight excluding hydrogens is 358 g/mol. The molecule has 1 aliphatic rings. The Morgan fingerprint density at radius 3 is 2.57 bits per heavy atom. The van der Waals surface area contributed by atoms with Gasteiger partial charge in [-0.2, -0.15) is 0 Å². The van der Waals surface area contributed by atoms with Crippen molar-refractivity contribution in [2.75, 3.05) is 44.1 Å². The zero-order chi connectivity index (χ0) is 20.3. The fourth-order valence-corrected chi connectivity index (χ4v) is 3.19. The van der Waals surface area contributed by atoms with Crippen LogP contribution < -0.4 is 19.7 Å². The third-order valence-corrected chi connectivity index (χ3v) is 4.77. The molecule has 2 aromatic rings. The van der Waals surface area contributed by atoms with E-state index in [0.29, 0.717) is 30.3 Å². The Morgan fingerprint density at radius 1 is 1.07 bits per heavy atom. The highest BCUT2D eigenvalue weighted by molar-refractivity contribution is 6.00. The normalized spacial score (nSPS) is 13.6. The van der Waals surface area contributed by atoms with Crippen molar-refractivity contribution in [1.82, 2.24) is 4.90 Å². The fraction of sp³-hybridized carbons (Fsp3) is 0.333. The van der Waals surface area contributed by atoms with Crippen LogP contribution >= 0.6 is 0 Å². The molecule has 7 nitrogen and oxygen atoms in total. The number of carbonyl (C=O) groups is 2. The second-order valence-electron chi connectivity index (χ2n) is 6.76. The Kier molecular flexibility index (Phi) is 5.73. The first-order chi connectivity index (χ1) is 13.4. The van der Waals surface area contributed by atoms with E-state index in [-0.39, 0.29) is 18.5 Å². The van der Waals surface area contributed by atoms with Crippen LogP contribution in [0.25, 0.3) is 0 Å². The summed E-state index contributed by atoms with van der Waals surface area (Å²) >= 11 is 0. The van der Waals surface area contributed by atoms with Gasteiger partial charge in [0.2, 0.25) is 5.91 Å². The molecule has 1 fully saturated rings. The molecule has 1 saturated heterocycles. The molecule has 3 amide bonds. The van der Waals surface area contributed by atoms with Gasteiger partial charge in [0.15, 0.2) is 0 Å². The molecule has 0 aliphatic carbocycles. The number of urea groups is 1. The number of ether oxygens (including phenoxy) is 2. The largest absolute Gasteiger partial charge is 0.497 e. The fourth-order valence-electron chi connectivity index (χ4n) is 3.19. The van der Waals surface area contributed by atoms with E-state index in [1.165, 1.54) is 4.90 Å². The Bertz CT molecular complexity index is 897. The van der Waals surface area contributed by atoms with Gasteiger partial charge in [0.05, 0.1) is 19.9 Å². The van der Waals surface area contributed by atoms with Crippen LogP contribution in [0.3, 0.4) is 0 Å². The van der Waals surface area contributed by atoms with E-state index in [1.807, 2.05) is 32.0 Å². The summed E-state index contributed by atoms with van der Waals surface area (Å²) in [6.45, 7) is 4.83. The predicted molar refractivity (Wildman–Crippen MR) is 108 cm³/mol. The summed E-state index contributed by atoms with van der Waals surface area (Å²) in [5.74, 6) is 0.993. The third kappa shape index (κ3) is 4.03. The van der Waals surface area contributed by atoms with Gasteiger partial charge in [-0.1, -0.05) is 12.1 Å². The SMILES string of the molecule is COc1ccc(OC)c(N2CCN(CC(=O)Nc3cc(C)ccc3C)C2=O)c1. The van der Waals surface area contributed by atoms with E-state index < -0.39 is 0 Å². The molecule has 0 atom stereocenters. The average Bonchev–Trinajstić information content (AvgIpc) is 3.04. The summed E-state index contributed by atoms with van der Waals surface area (Å²) < 4.78 is 10.6. The van der Waals surface area contributed by atoms with E-state index in [1.54, 1.807) is 37.3 Å². The van der Waals surface area contributed by atoms with Crippen molar-refractivity contribution in [3.8, 4) is 11.5 Å². The van der Waals surface area contributed by atoms with Crippen LogP contribution in [0, 0.1) is 13.8 Å². The lowest BCUT2D eigenvalue weighted by Crippen LogP contribution is -2.37. The number of hydrogen-bond donors (Lipinski definition) is 1. The summed E-state index contributed by atoms with van der Waals surface area (Å²) in [6, 6.07) is 10.9. The maximum Gasteiger partial charge on any atom is 0.325 e. The molecule has 0 unspecified atom stereocenters. The number of nitrogens with one attached hydrogen (secondary N) is 1. The van der Waals surface area contributed by atoms with Crippen molar-refractivity contribution in [2.24, 2.45) is 0 Å². The van der Waals surface area contributed by atoms with E-state index in [4.69, 9.17) is 9.47 Å². The second-order valence-corrected chi connectivity index (χ2v) is 6.76. The lowest BCUT2D eigenvalue weighted by molar-refractivity contribution is -0.116. The molecule has 3 rings (SSSR count). The van der Waals surface area contributed by atoms with Gasteiger partial charge in [0.25, 0.3) is 0 Å². The summed E-state index contributed by atoms with van der Waals surface area (Å²) in [6.07, 6.45) is 0. The van der Waals surface area contributed by atoms with Crippen molar-refractivity contribution < 1.29 is 19.1 Å². The van der Waals surface area contributed by atoms with Gasteiger partial charge in [-0.25, -0.2) is 4.79 Å². The molecule has 148 valence electrons. The third-order valence-electron chi connectivity index (χ3n) is 4.77. The number of benzene rings is 2. The average molecular weight is 383 g/mol. The van der Waals surface area contributed by atoms with Crippen LogP contribution in [0.2, 0.25) is 0 Å². The van der Waals surface area contributed by atoms with Gasteiger partial charge in [-0.15, -0.1) is 0 Å². The molecule has 0 radical (unpaired) electrons. The highest BCUT2D eigenvalue weighted by Crippen LogP contribution is 2.34. The molecule has 0 aromatic heterocycles. The maximum atomic E-state index is 12.9. The van der Waals surface area contributed by atoms with Gasteiger partial charge in [-0.3, -0.25) is 9.69 Å². The number of rotatable bonds is 6. The highest BCUT2D eigenvalue weighted by Gasteiger charge is 2.32. The van der Waals surface area contributed by atoms with Crippen molar-refractivity contribution in [3.63, 3.8) is 0 Å².